The number of hydrogen-bond acceptors (Lipinski definition) is 2. The fourth-order valence-electron chi connectivity index (χ4n) is 3.91. The Bertz CT molecular complexity index is 991. The van der Waals surface area contributed by atoms with Crippen molar-refractivity contribution in [1.82, 2.24) is 4.90 Å². The topological polar surface area (TPSA) is 56.1 Å². The normalized spacial score (nSPS) is 21.1. The highest BCUT2D eigenvalue weighted by molar-refractivity contribution is 6.30. The van der Waals surface area contributed by atoms with Gasteiger partial charge in [-0.3, -0.25) is 4.90 Å². The first-order valence-corrected chi connectivity index (χ1v) is 8.78. The molecular weight excluding hydrogens is 372 g/mol. The van der Waals surface area contributed by atoms with E-state index in [9.17, 15) is 13.6 Å². The van der Waals surface area contributed by atoms with Gasteiger partial charge in [-0.15, -0.1) is 0 Å². The van der Waals surface area contributed by atoms with Crippen LogP contribution in [0, 0.1) is 17.2 Å². The Morgan fingerprint density at radius 3 is 2.56 bits per heavy atom. The predicted octanol–water partition coefficient (Wildman–Crippen LogP) is 5.45. The zero-order chi connectivity index (χ0) is 19.2. The molecule has 2 aromatic carbocycles. The van der Waals surface area contributed by atoms with Crippen molar-refractivity contribution in [3.05, 3.63) is 76.5 Å². The third kappa shape index (κ3) is 2.75. The van der Waals surface area contributed by atoms with Gasteiger partial charge in [-0.05, 0) is 54.7 Å². The molecule has 136 valence electrons. The number of benzene rings is 2. The third-order valence-electron chi connectivity index (χ3n) is 5.08. The number of nitrogens with one attached hydrogen (secondary N) is 1. The molecule has 2 aromatic rings. The smallest absolute Gasteiger partial charge is 0.307 e. The summed E-state index contributed by atoms with van der Waals surface area (Å²) < 4.78 is 26.6. The molecule has 4 rings (SSSR count). The number of hydrogen-bond donors (Lipinski definition) is 1. The van der Waals surface area contributed by atoms with Crippen molar-refractivity contribution >= 4 is 23.3 Å². The third-order valence-corrected chi connectivity index (χ3v) is 5.32. The number of urea groups is 1. The van der Waals surface area contributed by atoms with Crippen molar-refractivity contribution in [1.29, 1.82) is 5.26 Å². The lowest BCUT2D eigenvalue weighted by Crippen LogP contribution is -2.54. The van der Waals surface area contributed by atoms with Crippen molar-refractivity contribution in [2.24, 2.45) is 5.92 Å². The van der Waals surface area contributed by atoms with Crippen LogP contribution in [0.5, 0.6) is 0 Å². The molecule has 7 heteroatoms. The van der Waals surface area contributed by atoms with Crippen LogP contribution in [0.15, 0.2) is 54.7 Å². The first-order valence-electron chi connectivity index (χ1n) is 8.40. The minimum Gasteiger partial charge on any atom is -0.307 e. The minimum absolute atomic E-state index is 0.0377. The van der Waals surface area contributed by atoms with Gasteiger partial charge in [-0.1, -0.05) is 23.7 Å². The summed E-state index contributed by atoms with van der Waals surface area (Å²) in [4.78, 5) is 13.8. The summed E-state index contributed by atoms with van der Waals surface area (Å²) in [5, 5.41) is 12.2. The van der Waals surface area contributed by atoms with E-state index in [2.05, 4.69) is 5.32 Å². The predicted molar refractivity (Wildman–Crippen MR) is 97.3 cm³/mol. The summed E-state index contributed by atoms with van der Waals surface area (Å²) in [6.45, 7) is 0. The highest BCUT2D eigenvalue weighted by atomic mass is 35.5. The van der Waals surface area contributed by atoms with Gasteiger partial charge in [-0.25, -0.2) is 4.79 Å². The number of halogens is 3. The molecule has 1 atom stereocenters. The summed E-state index contributed by atoms with van der Waals surface area (Å²) in [6, 6.07) is 13.2. The van der Waals surface area contributed by atoms with Gasteiger partial charge in [0.05, 0.1) is 17.8 Å². The minimum atomic E-state index is -1.96. The lowest BCUT2D eigenvalue weighted by molar-refractivity contribution is 0.159. The molecule has 1 fully saturated rings. The molecule has 0 bridgehead atoms. The van der Waals surface area contributed by atoms with E-state index in [-0.39, 0.29) is 5.92 Å². The van der Waals surface area contributed by atoms with Gasteiger partial charge in [-0.2, -0.15) is 14.0 Å². The van der Waals surface area contributed by atoms with Crippen LogP contribution in [0.1, 0.15) is 29.5 Å². The van der Waals surface area contributed by atoms with Crippen molar-refractivity contribution in [3.8, 4) is 6.07 Å². The zero-order valence-electron chi connectivity index (χ0n) is 14.0. The molecule has 1 heterocycles. The van der Waals surface area contributed by atoms with E-state index < -0.39 is 17.7 Å². The van der Waals surface area contributed by atoms with E-state index in [4.69, 9.17) is 16.9 Å². The van der Waals surface area contributed by atoms with Crippen LogP contribution < -0.4 is 5.32 Å². The second kappa shape index (κ2) is 6.36. The SMILES string of the molecule is N#Cc1ccc([C@@]2(C3CC3)c3cc(Cl)ccc3NC(=O)N2C=C(F)F)cc1. The molecule has 1 aliphatic heterocycles. The van der Waals surface area contributed by atoms with Gasteiger partial charge in [0.2, 0.25) is 0 Å². The molecule has 0 unspecified atom stereocenters. The Morgan fingerprint density at radius 2 is 1.96 bits per heavy atom. The van der Waals surface area contributed by atoms with Gasteiger partial charge < -0.3 is 5.32 Å². The van der Waals surface area contributed by atoms with Crippen LogP contribution in [0.4, 0.5) is 19.3 Å². The number of amides is 2. The van der Waals surface area contributed by atoms with Crippen molar-refractivity contribution in [2.75, 3.05) is 5.32 Å². The Kier molecular flexibility index (Phi) is 4.12. The monoisotopic (exact) mass is 385 g/mol. The molecule has 27 heavy (non-hydrogen) atoms. The fourth-order valence-corrected chi connectivity index (χ4v) is 4.08. The van der Waals surface area contributed by atoms with Crippen LogP contribution in [0.25, 0.3) is 0 Å². The Morgan fingerprint density at radius 1 is 1.26 bits per heavy atom. The number of anilines is 1. The fraction of sp³-hybridized carbons (Fsp3) is 0.200. The maximum atomic E-state index is 13.3. The second-order valence-corrected chi connectivity index (χ2v) is 7.08. The average Bonchev–Trinajstić information content (AvgIpc) is 3.48. The van der Waals surface area contributed by atoms with Gasteiger partial charge in [0, 0.05) is 16.3 Å². The lowest BCUT2D eigenvalue weighted by Gasteiger charge is -2.47. The van der Waals surface area contributed by atoms with Crippen LogP contribution in [-0.2, 0) is 5.54 Å². The van der Waals surface area contributed by atoms with E-state index in [1.54, 1.807) is 42.5 Å². The maximum Gasteiger partial charge on any atom is 0.327 e. The molecule has 1 aliphatic carbocycles. The first-order chi connectivity index (χ1) is 13.0. The van der Waals surface area contributed by atoms with Crippen LogP contribution in [-0.4, -0.2) is 10.9 Å². The molecule has 1 N–H and O–H groups in total. The summed E-state index contributed by atoms with van der Waals surface area (Å²) >= 11 is 6.22. The van der Waals surface area contributed by atoms with Crippen LogP contribution >= 0.6 is 11.6 Å². The summed E-state index contributed by atoms with van der Waals surface area (Å²) in [5.41, 5.74) is 1.22. The number of nitrogens with zero attached hydrogens (tertiary/aromatic N) is 2. The molecule has 1 saturated carbocycles. The van der Waals surface area contributed by atoms with Crippen molar-refractivity contribution < 1.29 is 13.6 Å². The van der Waals surface area contributed by atoms with Gasteiger partial charge in [0.1, 0.15) is 5.54 Å². The van der Waals surface area contributed by atoms with Gasteiger partial charge >= 0.3 is 6.03 Å². The molecular formula is C20H14ClF2N3O. The Labute approximate surface area is 159 Å². The molecule has 0 spiro atoms. The first kappa shape index (κ1) is 17.5. The van der Waals surface area contributed by atoms with E-state index >= 15 is 0 Å². The molecule has 2 aliphatic rings. The van der Waals surface area contributed by atoms with E-state index in [1.807, 2.05) is 6.07 Å². The molecule has 4 nitrogen and oxygen atoms in total. The highest BCUT2D eigenvalue weighted by Crippen LogP contribution is 2.57. The highest BCUT2D eigenvalue weighted by Gasteiger charge is 2.56. The molecule has 0 saturated heterocycles. The zero-order valence-corrected chi connectivity index (χ0v) is 14.8. The lowest BCUT2D eigenvalue weighted by atomic mass is 9.75. The molecule has 0 radical (unpaired) electrons. The van der Waals surface area contributed by atoms with Crippen molar-refractivity contribution in [3.63, 3.8) is 0 Å². The summed E-state index contributed by atoms with van der Waals surface area (Å²) in [6.07, 6.45) is 0.194. The van der Waals surface area contributed by atoms with E-state index in [0.29, 0.717) is 33.6 Å². The van der Waals surface area contributed by atoms with Crippen LogP contribution in [0.2, 0.25) is 5.02 Å². The van der Waals surface area contributed by atoms with Crippen LogP contribution in [0.3, 0.4) is 0 Å². The van der Waals surface area contributed by atoms with E-state index in [0.717, 1.165) is 17.7 Å². The summed E-state index contributed by atoms with van der Waals surface area (Å²) in [7, 11) is 0. The number of carbonyl (C=O) groups excluding carboxylic acids is 1. The quantitative estimate of drug-likeness (QED) is 0.763. The number of nitriles is 1. The summed E-state index contributed by atoms with van der Waals surface area (Å²) in [5.74, 6) is -0.0377. The standard InChI is InChI=1S/C20H14ClF2N3O/c21-15-7-8-17-16(9-15)20(14-5-6-14,13-3-1-12(10-24)2-4-13)26(11-18(22)23)19(27)25-17/h1-4,7-9,11,14H,5-6H2,(H,25,27)/t20-/m1/s1. The number of fused-ring (bicyclic) bond motifs is 1. The average molecular weight is 386 g/mol. The largest absolute Gasteiger partial charge is 0.327 e. The van der Waals surface area contributed by atoms with E-state index in [1.165, 1.54) is 0 Å². The Balaban J connectivity index is 2.05. The molecule has 0 aromatic heterocycles. The maximum absolute atomic E-state index is 13.3. The van der Waals surface area contributed by atoms with Gasteiger partial charge in [0.15, 0.2) is 0 Å². The number of carbonyl (C=O) groups is 1. The van der Waals surface area contributed by atoms with Crippen molar-refractivity contribution in [2.45, 2.75) is 18.4 Å². The molecule has 2 amide bonds. The second-order valence-electron chi connectivity index (χ2n) is 6.64. The van der Waals surface area contributed by atoms with Gasteiger partial charge in [0.25, 0.3) is 6.08 Å². The number of rotatable bonds is 3. The Hall–Kier alpha value is -2.91.